The largest absolute Gasteiger partial charge is 0.326 e. The number of hydrogen-bond donors (Lipinski definition) is 1. The zero-order valence-corrected chi connectivity index (χ0v) is 12.0. The van der Waals surface area contributed by atoms with Gasteiger partial charge in [-0.3, -0.25) is 9.59 Å². The molecule has 0 aromatic heterocycles. The third kappa shape index (κ3) is 2.47. The van der Waals surface area contributed by atoms with Crippen molar-refractivity contribution in [1.29, 1.82) is 0 Å². The van der Waals surface area contributed by atoms with Gasteiger partial charge < -0.3 is 5.32 Å². The van der Waals surface area contributed by atoms with E-state index in [4.69, 9.17) is 0 Å². The second-order valence-electron chi connectivity index (χ2n) is 5.29. The number of benzene rings is 2. The van der Waals surface area contributed by atoms with Crippen molar-refractivity contribution in [3.8, 4) is 11.1 Å². The maximum Gasteiger partial charge on any atom is 0.224 e. The van der Waals surface area contributed by atoms with Crippen LogP contribution < -0.4 is 5.32 Å². The van der Waals surface area contributed by atoms with E-state index in [0.29, 0.717) is 17.7 Å². The molecule has 1 aliphatic rings. The minimum absolute atomic E-state index is 0.000222. The molecular weight excluding hydrogens is 262 g/mol. The number of carbonyl (C=O) groups is 2. The van der Waals surface area contributed by atoms with Gasteiger partial charge in [-0.2, -0.15) is 0 Å². The zero-order chi connectivity index (χ0) is 14.8. The summed E-state index contributed by atoms with van der Waals surface area (Å²) in [6.07, 6.45) is 2.38. The van der Waals surface area contributed by atoms with Crippen LogP contribution in [-0.4, -0.2) is 11.7 Å². The third-order valence-electron chi connectivity index (χ3n) is 3.77. The molecule has 0 bridgehead atoms. The van der Waals surface area contributed by atoms with E-state index in [1.807, 2.05) is 36.4 Å². The van der Waals surface area contributed by atoms with Crippen LogP contribution in [0.25, 0.3) is 11.1 Å². The molecule has 0 aliphatic heterocycles. The molecule has 0 fully saturated rings. The van der Waals surface area contributed by atoms with Gasteiger partial charge >= 0.3 is 0 Å². The highest BCUT2D eigenvalue weighted by atomic mass is 16.1. The van der Waals surface area contributed by atoms with E-state index in [1.54, 1.807) is 6.07 Å². The van der Waals surface area contributed by atoms with Crippen LogP contribution in [0.15, 0.2) is 42.5 Å². The van der Waals surface area contributed by atoms with Crippen molar-refractivity contribution in [2.45, 2.75) is 26.2 Å². The Morgan fingerprint density at radius 3 is 2.48 bits per heavy atom. The summed E-state index contributed by atoms with van der Waals surface area (Å²) >= 11 is 0. The monoisotopic (exact) mass is 279 g/mol. The van der Waals surface area contributed by atoms with Gasteiger partial charge in [0.25, 0.3) is 0 Å². The smallest absolute Gasteiger partial charge is 0.224 e. The standard InChI is InChI=1S/C18H17NO2/c1-2-3-8-17(20)19-12-9-10-14-13-6-4-5-7-15(13)18(21)16(14)11-12/h4-7,9-11H,2-3,8H2,1H3,(H,19,20). The Morgan fingerprint density at radius 1 is 1.00 bits per heavy atom. The highest BCUT2D eigenvalue weighted by molar-refractivity contribution is 6.22. The maximum absolute atomic E-state index is 12.4. The van der Waals surface area contributed by atoms with Crippen LogP contribution in [0.4, 0.5) is 5.69 Å². The number of nitrogens with one attached hydrogen (secondary N) is 1. The number of unbranched alkanes of at least 4 members (excludes halogenated alkanes) is 1. The average molecular weight is 279 g/mol. The predicted molar refractivity (Wildman–Crippen MR) is 83.5 cm³/mol. The Kier molecular flexibility index (Phi) is 3.57. The minimum atomic E-state index is -0.000222. The van der Waals surface area contributed by atoms with Crippen LogP contribution in [0.5, 0.6) is 0 Å². The molecule has 1 aliphatic carbocycles. The van der Waals surface area contributed by atoms with E-state index in [2.05, 4.69) is 12.2 Å². The maximum atomic E-state index is 12.4. The van der Waals surface area contributed by atoms with E-state index < -0.39 is 0 Å². The highest BCUT2D eigenvalue weighted by Crippen LogP contribution is 2.37. The summed E-state index contributed by atoms with van der Waals surface area (Å²) in [7, 11) is 0. The lowest BCUT2D eigenvalue weighted by molar-refractivity contribution is -0.116. The minimum Gasteiger partial charge on any atom is -0.326 e. The van der Waals surface area contributed by atoms with Crippen LogP contribution >= 0.6 is 0 Å². The molecular formula is C18H17NO2. The molecule has 2 aromatic rings. The molecule has 3 nitrogen and oxygen atoms in total. The number of carbonyl (C=O) groups excluding carboxylic acids is 2. The molecule has 1 amide bonds. The van der Waals surface area contributed by atoms with E-state index in [0.717, 1.165) is 29.5 Å². The topological polar surface area (TPSA) is 46.2 Å². The van der Waals surface area contributed by atoms with Gasteiger partial charge in [-0.05, 0) is 29.7 Å². The Bertz CT molecular complexity index is 719. The Balaban J connectivity index is 1.87. The number of amides is 1. The third-order valence-corrected chi connectivity index (χ3v) is 3.77. The van der Waals surface area contributed by atoms with Crippen molar-refractivity contribution in [3.05, 3.63) is 53.6 Å². The van der Waals surface area contributed by atoms with Crippen molar-refractivity contribution in [2.75, 3.05) is 5.32 Å². The van der Waals surface area contributed by atoms with E-state index in [1.165, 1.54) is 0 Å². The summed E-state index contributed by atoms with van der Waals surface area (Å²) in [6.45, 7) is 2.05. The lowest BCUT2D eigenvalue weighted by Crippen LogP contribution is -2.11. The number of rotatable bonds is 4. The first-order valence-electron chi connectivity index (χ1n) is 7.28. The van der Waals surface area contributed by atoms with Crippen molar-refractivity contribution in [2.24, 2.45) is 0 Å². The molecule has 106 valence electrons. The summed E-state index contributed by atoms with van der Waals surface area (Å²) in [5.74, 6) is 0.0324. The Labute approximate surface area is 124 Å². The average Bonchev–Trinajstić information content (AvgIpc) is 2.79. The fourth-order valence-electron chi connectivity index (χ4n) is 2.67. The molecule has 2 aromatic carbocycles. The van der Waals surface area contributed by atoms with Gasteiger partial charge in [-0.25, -0.2) is 0 Å². The van der Waals surface area contributed by atoms with Gasteiger partial charge in [-0.15, -0.1) is 0 Å². The van der Waals surface area contributed by atoms with Gasteiger partial charge in [0.15, 0.2) is 5.78 Å². The molecule has 3 heteroatoms. The lowest BCUT2D eigenvalue weighted by atomic mass is 10.1. The van der Waals surface area contributed by atoms with Crippen molar-refractivity contribution >= 4 is 17.4 Å². The summed E-state index contributed by atoms with van der Waals surface area (Å²) in [4.78, 5) is 24.2. The van der Waals surface area contributed by atoms with Crippen LogP contribution in [0.1, 0.15) is 42.1 Å². The van der Waals surface area contributed by atoms with Crippen LogP contribution in [0.2, 0.25) is 0 Å². The van der Waals surface area contributed by atoms with Gasteiger partial charge in [0, 0.05) is 23.2 Å². The lowest BCUT2D eigenvalue weighted by Gasteiger charge is -2.07. The van der Waals surface area contributed by atoms with Gasteiger partial charge in [-0.1, -0.05) is 43.7 Å². The fraction of sp³-hybridized carbons (Fsp3) is 0.222. The predicted octanol–water partition coefficient (Wildman–Crippen LogP) is 4.03. The molecule has 0 unspecified atom stereocenters. The molecule has 0 spiro atoms. The SMILES string of the molecule is CCCCC(=O)Nc1ccc2c(c1)C(=O)c1ccccc1-2. The molecule has 1 N–H and O–H groups in total. The molecule has 3 rings (SSSR count). The fourth-order valence-corrected chi connectivity index (χ4v) is 2.67. The second-order valence-corrected chi connectivity index (χ2v) is 5.29. The van der Waals surface area contributed by atoms with Crippen molar-refractivity contribution in [1.82, 2.24) is 0 Å². The first kappa shape index (κ1) is 13.6. The normalized spacial score (nSPS) is 12.0. The zero-order valence-electron chi connectivity index (χ0n) is 12.0. The number of hydrogen-bond acceptors (Lipinski definition) is 2. The summed E-state index contributed by atoms with van der Waals surface area (Å²) in [5.41, 5.74) is 4.02. The van der Waals surface area contributed by atoms with E-state index in [9.17, 15) is 9.59 Å². The van der Waals surface area contributed by atoms with Crippen molar-refractivity contribution in [3.63, 3.8) is 0 Å². The first-order valence-corrected chi connectivity index (χ1v) is 7.28. The first-order chi connectivity index (χ1) is 10.2. The molecule has 0 heterocycles. The summed E-state index contributed by atoms with van der Waals surface area (Å²) < 4.78 is 0. The number of ketones is 1. The van der Waals surface area contributed by atoms with Gasteiger partial charge in [0.2, 0.25) is 5.91 Å². The molecule has 0 atom stereocenters. The molecule has 0 radical (unpaired) electrons. The summed E-state index contributed by atoms with van der Waals surface area (Å²) in [5, 5.41) is 2.86. The van der Waals surface area contributed by atoms with E-state index >= 15 is 0 Å². The van der Waals surface area contributed by atoms with E-state index in [-0.39, 0.29) is 11.7 Å². The van der Waals surface area contributed by atoms with Gasteiger partial charge in [0.05, 0.1) is 0 Å². The molecule has 21 heavy (non-hydrogen) atoms. The Hall–Kier alpha value is -2.42. The number of anilines is 1. The van der Waals surface area contributed by atoms with Crippen LogP contribution in [0, 0.1) is 0 Å². The van der Waals surface area contributed by atoms with Crippen LogP contribution in [-0.2, 0) is 4.79 Å². The van der Waals surface area contributed by atoms with Crippen LogP contribution in [0.3, 0.4) is 0 Å². The highest BCUT2D eigenvalue weighted by Gasteiger charge is 2.26. The molecule has 0 saturated carbocycles. The Morgan fingerprint density at radius 2 is 1.71 bits per heavy atom. The number of fused-ring (bicyclic) bond motifs is 3. The quantitative estimate of drug-likeness (QED) is 0.783. The summed E-state index contributed by atoms with van der Waals surface area (Å²) in [6, 6.07) is 13.2. The molecule has 0 saturated heterocycles. The van der Waals surface area contributed by atoms with Crippen molar-refractivity contribution < 1.29 is 9.59 Å². The van der Waals surface area contributed by atoms with Gasteiger partial charge in [0.1, 0.15) is 0 Å². The second kappa shape index (κ2) is 5.52.